The van der Waals surface area contributed by atoms with Crippen LogP contribution in [0, 0.1) is 36.5 Å². The highest BCUT2D eigenvalue weighted by Crippen LogP contribution is 2.25. The number of aromatic carboxylic acids is 1. The minimum Gasteiger partial charge on any atom is -0.489 e. The van der Waals surface area contributed by atoms with E-state index in [9.17, 15) is 20.1 Å². The van der Waals surface area contributed by atoms with Gasteiger partial charge in [0.2, 0.25) is 0 Å². The zero-order valence-corrected chi connectivity index (χ0v) is 21.3. The van der Waals surface area contributed by atoms with Crippen LogP contribution in [0.5, 0.6) is 5.75 Å². The number of carboxylic acid groups (broad SMARTS) is 1. The van der Waals surface area contributed by atoms with Gasteiger partial charge < -0.3 is 19.7 Å². The lowest BCUT2D eigenvalue weighted by molar-refractivity contribution is -0.112. The fourth-order valence-electron chi connectivity index (χ4n) is 4.17. The number of carbonyl (C=O) groups excluding carboxylic acids is 1. The van der Waals surface area contributed by atoms with Crippen molar-refractivity contribution in [3.05, 3.63) is 118 Å². The van der Waals surface area contributed by atoms with Gasteiger partial charge >= 0.3 is 5.97 Å². The number of anilines is 1. The standard InChI is InChI=1S/C31H24N4O4/c1-20-14-25(15-26(18-33)30(36)34-27-9-5-8-22(16-27)31(37)38)21(2)35(20)28-10-12-29(13-11-28)39-19-24-7-4-3-6-23(24)17-32/h3-16H,19H2,1-2H3,(H,34,36)(H,37,38)/b26-15-. The molecule has 0 bridgehead atoms. The van der Waals surface area contributed by atoms with E-state index in [-0.39, 0.29) is 23.4 Å². The topological polar surface area (TPSA) is 128 Å². The molecule has 1 heterocycles. The molecule has 192 valence electrons. The highest BCUT2D eigenvalue weighted by molar-refractivity contribution is 6.10. The first-order valence-electron chi connectivity index (χ1n) is 12.0. The number of rotatable bonds is 8. The maximum Gasteiger partial charge on any atom is 0.335 e. The third kappa shape index (κ3) is 6.04. The van der Waals surface area contributed by atoms with Gasteiger partial charge in [0.15, 0.2) is 0 Å². The van der Waals surface area contributed by atoms with Gasteiger partial charge in [-0.25, -0.2) is 4.79 Å². The molecule has 0 saturated carbocycles. The molecule has 0 fully saturated rings. The van der Waals surface area contributed by atoms with E-state index in [0.717, 1.165) is 22.6 Å². The first kappa shape index (κ1) is 26.5. The Bertz CT molecular complexity index is 1670. The third-order valence-electron chi connectivity index (χ3n) is 6.13. The third-order valence-corrected chi connectivity index (χ3v) is 6.13. The van der Waals surface area contributed by atoms with Gasteiger partial charge in [-0.15, -0.1) is 0 Å². The summed E-state index contributed by atoms with van der Waals surface area (Å²) in [5, 5.41) is 30.6. The Morgan fingerprint density at radius 3 is 2.44 bits per heavy atom. The Kier molecular flexibility index (Phi) is 7.89. The second kappa shape index (κ2) is 11.6. The number of aryl methyl sites for hydroxylation is 1. The lowest BCUT2D eigenvalue weighted by Gasteiger charge is -2.12. The van der Waals surface area contributed by atoms with E-state index < -0.39 is 11.9 Å². The van der Waals surface area contributed by atoms with Crippen LogP contribution < -0.4 is 10.1 Å². The van der Waals surface area contributed by atoms with Crippen LogP contribution >= 0.6 is 0 Å². The van der Waals surface area contributed by atoms with Gasteiger partial charge in [0.05, 0.1) is 17.2 Å². The number of carboxylic acids is 1. The molecule has 1 amide bonds. The van der Waals surface area contributed by atoms with Crippen LogP contribution in [0.25, 0.3) is 11.8 Å². The Labute approximate surface area is 225 Å². The first-order chi connectivity index (χ1) is 18.8. The molecule has 3 aromatic carbocycles. The number of aromatic nitrogens is 1. The number of nitrogens with one attached hydrogen (secondary N) is 1. The predicted molar refractivity (Wildman–Crippen MR) is 146 cm³/mol. The molecule has 4 rings (SSSR count). The maximum atomic E-state index is 12.8. The Hall–Kier alpha value is -5.60. The number of amides is 1. The smallest absolute Gasteiger partial charge is 0.335 e. The average Bonchev–Trinajstić information content (AvgIpc) is 3.23. The highest BCUT2D eigenvalue weighted by atomic mass is 16.5. The maximum absolute atomic E-state index is 12.8. The van der Waals surface area contributed by atoms with Crippen molar-refractivity contribution in [1.29, 1.82) is 10.5 Å². The van der Waals surface area contributed by atoms with Gasteiger partial charge in [0, 0.05) is 28.3 Å². The summed E-state index contributed by atoms with van der Waals surface area (Å²) in [6.45, 7) is 4.10. The summed E-state index contributed by atoms with van der Waals surface area (Å²) in [7, 11) is 0. The van der Waals surface area contributed by atoms with Crippen LogP contribution in [0.15, 0.2) is 84.4 Å². The van der Waals surface area contributed by atoms with Crippen LogP contribution in [0.2, 0.25) is 0 Å². The molecular formula is C31H24N4O4. The Morgan fingerprint density at radius 1 is 1.00 bits per heavy atom. The minimum atomic E-state index is -1.11. The summed E-state index contributed by atoms with van der Waals surface area (Å²) in [5.41, 5.74) is 4.90. The monoisotopic (exact) mass is 516 g/mol. The summed E-state index contributed by atoms with van der Waals surface area (Å²) < 4.78 is 7.87. The molecule has 1 aromatic heterocycles. The van der Waals surface area contributed by atoms with Gasteiger partial charge in [0.1, 0.15) is 24.0 Å². The van der Waals surface area contributed by atoms with E-state index in [0.29, 0.717) is 16.9 Å². The normalized spacial score (nSPS) is 10.8. The molecule has 0 aliphatic rings. The van der Waals surface area contributed by atoms with Crippen molar-refractivity contribution in [3.8, 4) is 23.6 Å². The van der Waals surface area contributed by atoms with Gasteiger partial charge in [0.25, 0.3) is 5.91 Å². The van der Waals surface area contributed by atoms with Crippen molar-refractivity contribution in [1.82, 2.24) is 4.57 Å². The van der Waals surface area contributed by atoms with Crippen molar-refractivity contribution < 1.29 is 19.4 Å². The van der Waals surface area contributed by atoms with Gasteiger partial charge in [-0.05, 0) is 80.1 Å². The Morgan fingerprint density at radius 2 is 1.74 bits per heavy atom. The summed E-state index contributed by atoms with van der Waals surface area (Å²) in [5.74, 6) is -1.09. The van der Waals surface area contributed by atoms with E-state index in [2.05, 4.69) is 11.4 Å². The highest BCUT2D eigenvalue weighted by Gasteiger charge is 2.15. The number of hydrogen-bond donors (Lipinski definition) is 2. The summed E-state index contributed by atoms with van der Waals surface area (Å²) in [6, 6.07) is 26.6. The van der Waals surface area contributed by atoms with Gasteiger partial charge in [-0.3, -0.25) is 4.79 Å². The molecule has 0 aliphatic carbocycles. The summed E-state index contributed by atoms with van der Waals surface area (Å²) in [4.78, 5) is 24.0. The average molecular weight is 517 g/mol. The lowest BCUT2D eigenvalue weighted by Crippen LogP contribution is -2.14. The number of benzene rings is 3. The second-order valence-corrected chi connectivity index (χ2v) is 8.72. The molecule has 8 heteroatoms. The van der Waals surface area contributed by atoms with Gasteiger partial charge in [-0.1, -0.05) is 24.3 Å². The molecular weight excluding hydrogens is 492 g/mol. The van der Waals surface area contributed by atoms with E-state index in [1.165, 1.54) is 24.3 Å². The van der Waals surface area contributed by atoms with Gasteiger partial charge in [-0.2, -0.15) is 10.5 Å². The molecule has 0 spiro atoms. The molecule has 4 aromatic rings. The van der Waals surface area contributed by atoms with E-state index >= 15 is 0 Å². The van der Waals surface area contributed by atoms with Crippen LogP contribution in [-0.2, 0) is 11.4 Å². The number of nitrogens with zero attached hydrogens (tertiary/aromatic N) is 3. The molecule has 0 unspecified atom stereocenters. The predicted octanol–water partition coefficient (Wildman–Crippen LogP) is 5.79. The van der Waals surface area contributed by atoms with E-state index in [1.807, 2.05) is 73.0 Å². The zero-order chi connectivity index (χ0) is 27.9. The van der Waals surface area contributed by atoms with Crippen LogP contribution in [0.3, 0.4) is 0 Å². The minimum absolute atomic E-state index is 0.0298. The van der Waals surface area contributed by atoms with Crippen LogP contribution in [-0.4, -0.2) is 21.6 Å². The molecule has 0 radical (unpaired) electrons. The van der Waals surface area contributed by atoms with Crippen LogP contribution in [0.1, 0.15) is 38.4 Å². The largest absolute Gasteiger partial charge is 0.489 e. The number of nitriles is 2. The van der Waals surface area contributed by atoms with Crippen molar-refractivity contribution in [2.24, 2.45) is 0 Å². The lowest BCUT2D eigenvalue weighted by atomic mass is 10.1. The van der Waals surface area contributed by atoms with E-state index in [1.54, 1.807) is 12.1 Å². The Balaban J connectivity index is 1.52. The fraction of sp³-hybridized carbons (Fsp3) is 0.0968. The molecule has 8 nitrogen and oxygen atoms in total. The number of carbonyl (C=O) groups is 2. The number of ether oxygens (including phenoxy) is 1. The first-order valence-corrected chi connectivity index (χ1v) is 12.0. The molecule has 39 heavy (non-hydrogen) atoms. The second-order valence-electron chi connectivity index (χ2n) is 8.72. The molecule has 0 atom stereocenters. The summed E-state index contributed by atoms with van der Waals surface area (Å²) in [6.07, 6.45) is 1.51. The number of hydrogen-bond acceptors (Lipinski definition) is 5. The zero-order valence-electron chi connectivity index (χ0n) is 21.3. The fourth-order valence-corrected chi connectivity index (χ4v) is 4.17. The van der Waals surface area contributed by atoms with Crippen molar-refractivity contribution >= 4 is 23.6 Å². The van der Waals surface area contributed by atoms with Crippen molar-refractivity contribution in [2.75, 3.05) is 5.32 Å². The van der Waals surface area contributed by atoms with Crippen LogP contribution in [0.4, 0.5) is 5.69 Å². The summed E-state index contributed by atoms with van der Waals surface area (Å²) >= 11 is 0. The molecule has 0 aliphatic heterocycles. The molecule has 2 N–H and O–H groups in total. The quantitative estimate of drug-likeness (QED) is 0.225. The SMILES string of the molecule is Cc1cc(/C=C(/C#N)C(=O)Nc2cccc(C(=O)O)c2)c(C)n1-c1ccc(OCc2ccccc2C#N)cc1. The van der Waals surface area contributed by atoms with Crippen molar-refractivity contribution in [2.45, 2.75) is 20.5 Å². The molecule has 0 saturated heterocycles. The van der Waals surface area contributed by atoms with Crippen molar-refractivity contribution in [3.63, 3.8) is 0 Å². The van der Waals surface area contributed by atoms with E-state index in [4.69, 9.17) is 9.84 Å².